The summed E-state index contributed by atoms with van der Waals surface area (Å²) in [7, 11) is 4.98. The van der Waals surface area contributed by atoms with Gasteiger partial charge in [-0.25, -0.2) is 4.98 Å². The number of methoxy groups -OCH3 is 1. The van der Waals surface area contributed by atoms with Crippen LogP contribution in [0.15, 0.2) is 42.5 Å². The fourth-order valence-electron chi connectivity index (χ4n) is 2.91. The van der Waals surface area contributed by atoms with Crippen LogP contribution in [-0.2, 0) is 4.74 Å². The van der Waals surface area contributed by atoms with Gasteiger partial charge in [0.05, 0.1) is 6.61 Å². The van der Waals surface area contributed by atoms with E-state index < -0.39 is 0 Å². The van der Waals surface area contributed by atoms with Crippen LogP contribution in [0.4, 0.5) is 5.13 Å². The number of carbonyl (C=O) groups is 2. The summed E-state index contributed by atoms with van der Waals surface area (Å²) >= 11 is 1.10. The summed E-state index contributed by atoms with van der Waals surface area (Å²) in [6.07, 6.45) is -0.233. The minimum atomic E-state index is -0.368. The largest absolute Gasteiger partial charge is 0.488 e. The molecular weight excluding hydrogens is 444 g/mol. The van der Waals surface area contributed by atoms with E-state index in [0.29, 0.717) is 45.9 Å². The Balaban J connectivity index is 1.85. The molecule has 3 rings (SSSR count). The molecule has 0 aliphatic rings. The van der Waals surface area contributed by atoms with E-state index in [1.807, 2.05) is 6.92 Å². The highest BCUT2D eigenvalue weighted by Gasteiger charge is 2.15. The maximum Gasteiger partial charge on any atom is 0.257 e. The lowest BCUT2D eigenvalue weighted by atomic mass is 10.1. The van der Waals surface area contributed by atoms with Crippen LogP contribution in [0.3, 0.4) is 0 Å². The molecule has 0 aliphatic carbocycles. The number of nitrogens with zero attached hydrogens (tertiary/aromatic N) is 3. The molecule has 0 radical (unpaired) electrons. The van der Waals surface area contributed by atoms with Crippen molar-refractivity contribution < 1.29 is 23.8 Å². The van der Waals surface area contributed by atoms with Gasteiger partial charge >= 0.3 is 0 Å². The van der Waals surface area contributed by atoms with Crippen LogP contribution in [0.1, 0.15) is 33.5 Å². The van der Waals surface area contributed by atoms with Crippen molar-refractivity contribution in [3.8, 4) is 17.2 Å². The van der Waals surface area contributed by atoms with Gasteiger partial charge in [0, 0.05) is 49.9 Å². The number of anilines is 1. The Hall–Kier alpha value is -3.50. The van der Waals surface area contributed by atoms with Gasteiger partial charge in [-0.15, -0.1) is 0 Å². The molecule has 10 heteroatoms. The summed E-state index contributed by atoms with van der Waals surface area (Å²) in [6, 6.07) is 11.7. The summed E-state index contributed by atoms with van der Waals surface area (Å²) in [5.41, 5.74) is 0.879. The molecule has 2 aromatic carbocycles. The average Bonchev–Trinajstić information content (AvgIpc) is 3.18. The van der Waals surface area contributed by atoms with E-state index in [-0.39, 0.29) is 17.9 Å². The first-order valence-electron chi connectivity index (χ1n) is 10.2. The molecular formula is C23H26N4O5S. The second-order valence-electron chi connectivity index (χ2n) is 7.50. The number of ether oxygens (including phenoxy) is 3. The molecule has 1 heterocycles. The fraction of sp³-hybridized carbons (Fsp3) is 0.304. The van der Waals surface area contributed by atoms with E-state index in [0.717, 1.165) is 11.5 Å². The first-order valence-corrected chi connectivity index (χ1v) is 10.9. The van der Waals surface area contributed by atoms with Crippen LogP contribution < -0.4 is 14.8 Å². The van der Waals surface area contributed by atoms with Crippen molar-refractivity contribution in [3.63, 3.8) is 0 Å². The first kappa shape index (κ1) is 24.1. The van der Waals surface area contributed by atoms with Gasteiger partial charge in [-0.2, -0.15) is 4.37 Å². The molecule has 33 heavy (non-hydrogen) atoms. The van der Waals surface area contributed by atoms with Crippen molar-refractivity contribution in [3.05, 3.63) is 59.4 Å². The van der Waals surface area contributed by atoms with Crippen LogP contribution in [0.5, 0.6) is 17.2 Å². The molecule has 0 saturated heterocycles. The smallest absolute Gasteiger partial charge is 0.257 e. The lowest BCUT2D eigenvalue weighted by Gasteiger charge is -2.16. The van der Waals surface area contributed by atoms with Crippen molar-refractivity contribution in [1.82, 2.24) is 14.3 Å². The van der Waals surface area contributed by atoms with E-state index in [9.17, 15) is 9.59 Å². The molecule has 9 nitrogen and oxygen atoms in total. The monoisotopic (exact) mass is 470 g/mol. The van der Waals surface area contributed by atoms with Crippen LogP contribution in [0, 0.1) is 6.92 Å². The molecule has 3 aromatic rings. The van der Waals surface area contributed by atoms with Gasteiger partial charge in [0.25, 0.3) is 11.8 Å². The van der Waals surface area contributed by atoms with Gasteiger partial charge in [0.15, 0.2) is 0 Å². The van der Waals surface area contributed by atoms with Gasteiger partial charge in [0.2, 0.25) is 5.13 Å². The Morgan fingerprint density at radius 3 is 2.36 bits per heavy atom. The summed E-state index contributed by atoms with van der Waals surface area (Å²) in [5.74, 6) is 1.49. The van der Waals surface area contributed by atoms with Gasteiger partial charge < -0.3 is 19.1 Å². The Bertz CT molecular complexity index is 1110. The number of rotatable bonds is 9. The number of aromatic nitrogens is 2. The van der Waals surface area contributed by atoms with Crippen molar-refractivity contribution >= 4 is 28.5 Å². The molecule has 0 spiro atoms. The number of nitrogens with one attached hydrogen (secondary N) is 1. The Morgan fingerprint density at radius 2 is 1.76 bits per heavy atom. The van der Waals surface area contributed by atoms with Gasteiger partial charge in [-0.05, 0) is 50.2 Å². The summed E-state index contributed by atoms with van der Waals surface area (Å²) in [5, 5.41) is 3.14. The molecule has 1 N–H and O–H groups in total. The molecule has 2 amide bonds. The molecule has 1 atom stereocenters. The molecule has 0 unspecified atom stereocenters. The van der Waals surface area contributed by atoms with E-state index >= 15 is 0 Å². The summed E-state index contributed by atoms with van der Waals surface area (Å²) in [6.45, 7) is 4.00. The predicted molar refractivity (Wildman–Crippen MR) is 126 cm³/mol. The minimum absolute atomic E-state index is 0.102. The molecule has 174 valence electrons. The lowest BCUT2D eigenvalue weighted by molar-refractivity contribution is 0.0827. The predicted octanol–water partition coefficient (Wildman–Crippen LogP) is 4.01. The van der Waals surface area contributed by atoms with Gasteiger partial charge in [0.1, 0.15) is 29.2 Å². The molecule has 0 saturated carbocycles. The number of hydrogen-bond acceptors (Lipinski definition) is 8. The number of aryl methyl sites for hydroxylation is 1. The third-order valence-corrected chi connectivity index (χ3v) is 5.09. The molecule has 0 bridgehead atoms. The molecule has 0 fully saturated rings. The Kier molecular flexibility index (Phi) is 7.96. The molecule has 0 aliphatic heterocycles. The number of amides is 2. The minimum Gasteiger partial charge on any atom is -0.488 e. The van der Waals surface area contributed by atoms with Crippen molar-refractivity contribution in [2.45, 2.75) is 20.0 Å². The van der Waals surface area contributed by atoms with E-state index in [2.05, 4.69) is 14.7 Å². The highest BCUT2D eigenvalue weighted by molar-refractivity contribution is 7.09. The lowest BCUT2D eigenvalue weighted by Crippen LogP contribution is -2.21. The summed E-state index contributed by atoms with van der Waals surface area (Å²) < 4.78 is 21.1. The Labute approximate surface area is 196 Å². The Morgan fingerprint density at radius 1 is 1.06 bits per heavy atom. The van der Waals surface area contributed by atoms with Crippen molar-refractivity contribution in [2.24, 2.45) is 0 Å². The van der Waals surface area contributed by atoms with E-state index in [4.69, 9.17) is 14.2 Å². The zero-order chi connectivity index (χ0) is 24.0. The highest BCUT2D eigenvalue weighted by Crippen LogP contribution is 2.29. The van der Waals surface area contributed by atoms with Gasteiger partial charge in [-0.1, -0.05) is 0 Å². The van der Waals surface area contributed by atoms with Crippen LogP contribution in [0.25, 0.3) is 0 Å². The zero-order valence-corrected chi connectivity index (χ0v) is 19.9. The SMILES string of the molecule is COC[C@H](C)Oc1cc(Oc2ccc(C(=O)N(C)C)cc2)cc(C(=O)Nc2nc(C)ns2)c1. The zero-order valence-electron chi connectivity index (χ0n) is 19.1. The molecule has 1 aromatic heterocycles. The van der Waals surface area contributed by atoms with Gasteiger partial charge in [-0.3, -0.25) is 14.9 Å². The van der Waals surface area contributed by atoms with Crippen LogP contribution in [0.2, 0.25) is 0 Å². The topological polar surface area (TPSA) is 103 Å². The van der Waals surface area contributed by atoms with Crippen LogP contribution in [-0.4, -0.2) is 60.0 Å². The highest BCUT2D eigenvalue weighted by atomic mass is 32.1. The quantitative estimate of drug-likeness (QED) is 0.504. The average molecular weight is 471 g/mol. The van der Waals surface area contributed by atoms with E-state index in [1.165, 1.54) is 4.90 Å². The van der Waals surface area contributed by atoms with Crippen molar-refractivity contribution in [1.29, 1.82) is 0 Å². The number of carbonyl (C=O) groups excluding carboxylic acids is 2. The maximum absolute atomic E-state index is 12.8. The number of benzene rings is 2. The third-order valence-electron chi connectivity index (χ3n) is 4.37. The second kappa shape index (κ2) is 10.9. The maximum atomic E-state index is 12.8. The second-order valence-corrected chi connectivity index (χ2v) is 8.26. The van der Waals surface area contributed by atoms with Crippen molar-refractivity contribution in [2.75, 3.05) is 33.1 Å². The summed E-state index contributed by atoms with van der Waals surface area (Å²) in [4.78, 5) is 30.6. The van der Waals surface area contributed by atoms with Crippen LogP contribution >= 0.6 is 11.5 Å². The first-order chi connectivity index (χ1) is 15.7. The standard InChI is InChI=1S/C23H26N4O5S/c1-14(13-30-5)31-19-10-17(21(28)25-23-24-15(2)26-33-23)11-20(12-19)32-18-8-6-16(7-9-18)22(29)27(3)4/h6-12,14H,13H2,1-5H3,(H,24,25,26,28)/t14-/m0/s1. The third kappa shape index (κ3) is 6.74. The number of hydrogen-bond donors (Lipinski definition) is 1. The van der Waals surface area contributed by atoms with E-state index in [1.54, 1.807) is 70.6 Å². The fourth-order valence-corrected chi connectivity index (χ4v) is 3.48. The normalized spacial score (nSPS) is 11.5.